The summed E-state index contributed by atoms with van der Waals surface area (Å²) in [6, 6.07) is 14.3. The number of carbonyl (C=O) groups excluding carboxylic acids is 2. The zero-order valence-corrected chi connectivity index (χ0v) is 17.8. The number of ether oxygens (including phenoxy) is 1. The molecule has 0 fully saturated rings. The highest BCUT2D eigenvalue weighted by atomic mass is 35.5. The van der Waals surface area contributed by atoms with Crippen molar-refractivity contribution in [1.29, 1.82) is 0 Å². The zero-order chi connectivity index (χ0) is 21.5. The predicted molar refractivity (Wildman–Crippen MR) is 117 cm³/mol. The minimum absolute atomic E-state index is 0.151. The first-order valence-electron chi connectivity index (χ1n) is 9.83. The molecule has 2 aromatic rings. The van der Waals surface area contributed by atoms with Crippen LogP contribution in [0, 0.1) is 0 Å². The first kappa shape index (κ1) is 21.6. The van der Waals surface area contributed by atoms with E-state index in [1.807, 2.05) is 49.4 Å². The van der Waals surface area contributed by atoms with Crippen LogP contribution in [-0.2, 0) is 4.79 Å². The second-order valence-electron chi connectivity index (χ2n) is 6.87. The fraction of sp³-hybridized carbons (Fsp3) is 0.318. The molecule has 0 bridgehead atoms. The molecule has 1 aliphatic heterocycles. The summed E-state index contributed by atoms with van der Waals surface area (Å²) in [5, 5.41) is 11.9. The van der Waals surface area contributed by atoms with Crippen LogP contribution in [-0.4, -0.2) is 42.9 Å². The normalized spacial score (nSPS) is 15.5. The van der Waals surface area contributed by atoms with E-state index < -0.39 is 0 Å². The van der Waals surface area contributed by atoms with Gasteiger partial charge in [-0.15, -0.1) is 0 Å². The van der Waals surface area contributed by atoms with Gasteiger partial charge in [0.25, 0.3) is 5.91 Å². The molecule has 0 radical (unpaired) electrons. The Hall–Kier alpha value is -3.06. The predicted octanol–water partition coefficient (Wildman–Crippen LogP) is 3.74. The SMILES string of the molecule is CCCNC(=O)NCC(=O)N1N=C(c2ccccc2Cl)C[C@@H]1c1ccc(OC)cc1. The van der Waals surface area contributed by atoms with Crippen molar-refractivity contribution >= 4 is 29.3 Å². The smallest absolute Gasteiger partial charge is 0.315 e. The molecule has 0 aromatic heterocycles. The number of amides is 3. The Balaban J connectivity index is 1.82. The maximum Gasteiger partial charge on any atom is 0.315 e. The molecule has 2 aromatic carbocycles. The van der Waals surface area contributed by atoms with Crippen LogP contribution >= 0.6 is 11.6 Å². The van der Waals surface area contributed by atoms with Crippen molar-refractivity contribution in [2.75, 3.05) is 20.2 Å². The quantitative estimate of drug-likeness (QED) is 0.704. The van der Waals surface area contributed by atoms with Gasteiger partial charge >= 0.3 is 6.03 Å². The lowest BCUT2D eigenvalue weighted by molar-refractivity contribution is -0.131. The number of hydrogen-bond acceptors (Lipinski definition) is 4. The number of halogens is 1. The number of hydrazone groups is 1. The molecule has 30 heavy (non-hydrogen) atoms. The molecule has 1 atom stereocenters. The summed E-state index contributed by atoms with van der Waals surface area (Å²) < 4.78 is 5.23. The van der Waals surface area contributed by atoms with Crippen LogP contribution in [0.5, 0.6) is 5.75 Å². The van der Waals surface area contributed by atoms with Crippen LogP contribution in [0.1, 0.15) is 36.9 Å². The van der Waals surface area contributed by atoms with Crippen molar-refractivity contribution in [1.82, 2.24) is 15.6 Å². The molecule has 8 heteroatoms. The lowest BCUT2D eigenvalue weighted by Crippen LogP contribution is -2.42. The van der Waals surface area contributed by atoms with E-state index in [0.29, 0.717) is 18.0 Å². The molecule has 3 amide bonds. The molecular formula is C22H25ClN4O3. The fourth-order valence-electron chi connectivity index (χ4n) is 3.22. The van der Waals surface area contributed by atoms with Gasteiger partial charge in [0.05, 0.1) is 18.9 Å². The second kappa shape index (κ2) is 10.1. The minimum atomic E-state index is -0.374. The monoisotopic (exact) mass is 428 g/mol. The third-order valence-corrected chi connectivity index (χ3v) is 5.12. The second-order valence-corrected chi connectivity index (χ2v) is 7.27. The van der Waals surface area contributed by atoms with Gasteiger partial charge in [0.15, 0.2) is 0 Å². The summed E-state index contributed by atoms with van der Waals surface area (Å²) >= 11 is 6.35. The number of nitrogens with one attached hydrogen (secondary N) is 2. The molecule has 3 rings (SSSR count). The summed E-state index contributed by atoms with van der Waals surface area (Å²) in [6.07, 6.45) is 1.34. The molecular weight excluding hydrogens is 404 g/mol. The largest absolute Gasteiger partial charge is 0.497 e. The first-order valence-corrected chi connectivity index (χ1v) is 10.2. The van der Waals surface area contributed by atoms with E-state index in [1.54, 1.807) is 13.2 Å². The molecule has 0 spiro atoms. The molecule has 0 saturated carbocycles. The molecule has 0 unspecified atom stereocenters. The van der Waals surface area contributed by atoms with Gasteiger partial charge in [-0.3, -0.25) is 4.79 Å². The number of rotatable bonds is 7. The van der Waals surface area contributed by atoms with Gasteiger partial charge in [-0.25, -0.2) is 9.80 Å². The Labute approximate surface area is 181 Å². The van der Waals surface area contributed by atoms with Crippen LogP contribution in [0.15, 0.2) is 53.6 Å². The van der Waals surface area contributed by atoms with Crippen LogP contribution in [0.3, 0.4) is 0 Å². The van der Waals surface area contributed by atoms with Crippen molar-refractivity contribution in [2.24, 2.45) is 5.10 Å². The summed E-state index contributed by atoms with van der Waals surface area (Å²) in [5.41, 5.74) is 2.44. The standard InChI is InChI=1S/C22H25ClN4O3/c1-3-12-24-22(29)25-14-21(28)27-20(15-8-10-16(30-2)11-9-15)13-19(26-27)17-6-4-5-7-18(17)23/h4-11,20H,3,12-14H2,1-2H3,(H2,24,25,29)/t20-/m1/s1. The third kappa shape index (κ3) is 5.10. The fourth-order valence-corrected chi connectivity index (χ4v) is 3.47. The minimum Gasteiger partial charge on any atom is -0.497 e. The Morgan fingerprint density at radius 3 is 2.57 bits per heavy atom. The Morgan fingerprint density at radius 1 is 1.17 bits per heavy atom. The first-order chi connectivity index (χ1) is 14.5. The number of methoxy groups -OCH3 is 1. The third-order valence-electron chi connectivity index (χ3n) is 4.79. The van der Waals surface area contributed by atoms with E-state index in [2.05, 4.69) is 15.7 Å². The van der Waals surface area contributed by atoms with Crippen molar-refractivity contribution < 1.29 is 14.3 Å². The molecule has 0 saturated heterocycles. The lowest BCUT2D eigenvalue weighted by atomic mass is 9.98. The van der Waals surface area contributed by atoms with E-state index in [9.17, 15) is 9.59 Å². The average Bonchev–Trinajstić information content (AvgIpc) is 3.21. The maximum atomic E-state index is 12.9. The molecule has 0 aliphatic carbocycles. The zero-order valence-electron chi connectivity index (χ0n) is 17.0. The van der Waals surface area contributed by atoms with Gasteiger partial charge in [-0.05, 0) is 30.2 Å². The highest BCUT2D eigenvalue weighted by molar-refractivity contribution is 6.34. The van der Waals surface area contributed by atoms with E-state index in [-0.39, 0.29) is 24.5 Å². The summed E-state index contributed by atoms with van der Waals surface area (Å²) in [5.74, 6) is 0.431. The molecule has 1 aliphatic rings. The molecule has 158 valence electrons. The average molecular weight is 429 g/mol. The Kier molecular flexibility index (Phi) is 7.30. The van der Waals surface area contributed by atoms with E-state index in [4.69, 9.17) is 16.3 Å². The van der Waals surface area contributed by atoms with Crippen molar-refractivity contribution in [3.8, 4) is 5.75 Å². The lowest BCUT2D eigenvalue weighted by Gasteiger charge is -2.22. The van der Waals surface area contributed by atoms with Crippen molar-refractivity contribution in [3.63, 3.8) is 0 Å². The van der Waals surface area contributed by atoms with Crippen LogP contribution < -0.4 is 15.4 Å². The van der Waals surface area contributed by atoms with Crippen LogP contribution in [0.25, 0.3) is 0 Å². The highest BCUT2D eigenvalue weighted by Crippen LogP contribution is 2.34. The van der Waals surface area contributed by atoms with E-state index >= 15 is 0 Å². The molecule has 2 N–H and O–H groups in total. The van der Waals surface area contributed by atoms with Crippen molar-refractivity contribution in [3.05, 3.63) is 64.7 Å². The Morgan fingerprint density at radius 2 is 1.90 bits per heavy atom. The maximum absolute atomic E-state index is 12.9. The molecule has 7 nitrogen and oxygen atoms in total. The van der Waals surface area contributed by atoms with E-state index in [0.717, 1.165) is 29.0 Å². The number of benzene rings is 2. The van der Waals surface area contributed by atoms with Crippen molar-refractivity contribution in [2.45, 2.75) is 25.8 Å². The van der Waals surface area contributed by atoms with Gasteiger partial charge in [0.1, 0.15) is 12.3 Å². The van der Waals surface area contributed by atoms with Gasteiger partial charge < -0.3 is 15.4 Å². The van der Waals surface area contributed by atoms with Gasteiger partial charge in [-0.2, -0.15) is 5.10 Å². The number of hydrogen-bond donors (Lipinski definition) is 2. The number of carbonyl (C=O) groups is 2. The topological polar surface area (TPSA) is 83.0 Å². The van der Waals surface area contributed by atoms with E-state index in [1.165, 1.54) is 5.01 Å². The van der Waals surface area contributed by atoms with Gasteiger partial charge in [0.2, 0.25) is 0 Å². The summed E-state index contributed by atoms with van der Waals surface area (Å²) in [6.45, 7) is 2.36. The highest BCUT2D eigenvalue weighted by Gasteiger charge is 2.33. The number of urea groups is 1. The van der Waals surface area contributed by atoms with Gasteiger partial charge in [-0.1, -0.05) is 48.9 Å². The Bertz CT molecular complexity index is 930. The summed E-state index contributed by atoms with van der Waals surface area (Å²) in [4.78, 5) is 24.7. The van der Waals surface area contributed by atoms with Crippen LogP contribution in [0.4, 0.5) is 4.79 Å². The molecule has 1 heterocycles. The van der Waals surface area contributed by atoms with Crippen LogP contribution in [0.2, 0.25) is 5.02 Å². The summed E-state index contributed by atoms with van der Waals surface area (Å²) in [7, 11) is 1.61. The van der Waals surface area contributed by atoms with Gasteiger partial charge in [0, 0.05) is 23.6 Å². The number of nitrogens with zero attached hydrogens (tertiary/aromatic N) is 2.